The number of carboxylic acids is 1. The summed E-state index contributed by atoms with van der Waals surface area (Å²) >= 11 is 0. The van der Waals surface area contributed by atoms with Crippen LogP contribution in [0.3, 0.4) is 0 Å². The van der Waals surface area contributed by atoms with Gasteiger partial charge in [0.2, 0.25) is 5.91 Å². The molecule has 2 atom stereocenters. The molecular weight excluding hydrogens is 306 g/mol. The first-order chi connectivity index (χ1) is 10.3. The molecule has 2 fully saturated rings. The fourth-order valence-electron chi connectivity index (χ4n) is 3.89. The van der Waals surface area contributed by atoms with Gasteiger partial charge in [-0.25, -0.2) is 8.42 Å². The molecule has 3 rings (SSSR count). The number of carbonyl (C=O) groups is 2. The summed E-state index contributed by atoms with van der Waals surface area (Å²) in [4.78, 5) is 26.3. The number of amides is 1. The van der Waals surface area contributed by atoms with Gasteiger partial charge in [0.15, 0.2) is 0 Å². The number of carbonyl (C=O) groups excluding carboxylic acids is 1. The van der Waals surface area contributed by atoms with Gasteiger partial charge >= 0.3 is 5.97 Å². The molecule has 0 radical (unpaired) electrons. The maximum absolute atomic E-state index is 12.8. The summed E-state index contributed by atoms with van der Waals surface area (Å²) in [6.45, 7) is 1.19. The average molecular weight is 327 g/mol. The van der Waals surface area contributed by atoms with Crippen LogP contribution in [0, 0.1) is 17.3 Å². The number of fused-ring (bicyclic) bond motifs is 1. The molecule has 0 aromatic carbocycles. The van der Waals surface area contributed by atoms with Gasteiger partial charge in [0.05, 0.1) is 11.5 Å². The Kier molecular flexibility index (Phi) is 3.79. The highest BCUT2D eigenvalue weighted by atomic mass is 32.2. The molecule has 1 N–H and O–H groups in total. The molecule has 0 aromatic heterocycles. The standard InChI is InChI=1S/C15H21NO5S/c17-13(16-9-11-3-1-2-4-12(11)10-16)15(14(18)19)5-7-22(20,21)8-6-15/h1-2,11-12H,3-10H2,(H,18,19)/t11-,12+. The third kappa shape index (κ3) is 2.55. The molecule has 0 spiro atoms. The third-order valence-corrected chi connectivity index (χ3v) is 7.06. The fraction of sp³-hybridized carbons (Fsp3) is 0.733. The highest BCUT2D eigenvalue weighted by Crippen LogP contribution is 2.39. The van der Waals surface area contributed by atoms with E-state index in [-0.39, 0.29) is 30.3 Å². The molecule has 1 aliphatic carbocycles. The zero-order valence-electron chi connectivity index (χ0n) is 12.4. The van der Waals surface area contributed by atoms with Crippen molar-refractivity contribution in [2.45, 2.75) is 25.7 Å². The van der Waals surface area contributed by atoms with Gasteiger partial charge < -0.3 is 10.0 Å². The second-order valence-electron chi connectivity index (χ2n) is 6.71. The Balaban J connectivity index is 1.78. The Labute approximate surface area is 130 Å². The van der Waals surface area contributed by atoms with Crippen LogP contribution in [0.25, 0.3) is 0 Å². The molecule has 3 aliphatic rings. The van der Waals surface area contributed by atoms with Crippen LogP contribution in [0.5, 0.6) is 0 Å². The van der Waals surface area contributed by atoms with Crippen molar-refractivity contribution in [3.8, 4) is 0 Å². The van der Waals surface area contributed by atoms with Crippen LogP contribution in [-0.2, 0) is 19.4 Å². The van der Waals surface area contributed by atoms with Crippen molar-refractivity contribution in [3.05, 3.63) is 12.2 Å². The third-order valence-electron chi connectivity index (χ3n) is 5.41. The molecule has 2 saturated heterocycles. The smallest absolute Gasteiger partial charge is 0.319 e. The van der Waals surface area contributed by atoms with Crippen molar-refractivity contribution in [3.63, 3.8) is 0 Å². The van der Waals surface area contributed by atoms with Gasteiger partial charge in [-0.05, 0) is 37.5 Å². The van der Waals surface area contributed by atoms with Crippen molar-refractivity contribution in [1.29, 1.82) is 0 Å². The Morgan fingerprint density at radius 2 is 1.55 bits per heavy atom. The fourth-order valence-corrected chi connectivity index (χ4v) is 5.41. The van der Waals surface area contributed by atoms with Crippen LogP contribution in [0.2, 0.25) is 0 Å². The first kappa shape index (κ1) is 15.5. The summed E-state index contributed by atoms with van der Waals surface area (Å²) in [5.41, 5.74) is -1.55. The van der Waals surface area contributed by atoms with E-state index in [2.05, 4.69) is 12.2 Å². The van der Waals surface area contributed by atoms with Gasteiger partial charge in [-0.15, -0.1) is 0 Å². The van der Waals surface area contributed by atoms with Gasteiger partial charge in [-0.2, -0.15) is 0 Å². The van der Waals surface area contributed by atoms with E-state index >= 15 is 0 Å². The van der Waals surface area contributed by atoms with Crippen LogP contribution >= 0.6 is 0 Å². The van der Waals surface area contributed by atoms with Crippen molar-refractivity contribution in [1.82, 2.24) is 4.90 Å². The van der Waals surface area contributed by atoms with Gasteiger partial charge in [0.25, 0.3) is 0 Å². The molecule has 2 aliphatic heterocycles. The minimum Gasteiger partial charge on any atom is -0.480 e. The van der Waals surface area contributed by atoms with Crippen molar-refractivity contribution >= 4 is 21.7 Å². The summed E-state index contributed by atoms with van der Waals surface area (Å²) in [6.07, 6.45) is 5.90. The van der Waals surface area contributed by atoms with E-state index in [9.17, 15) is 23.1 Å². The van der Waals surface area contributed by atoms with E-state index in [1.54, 1.807) is 4.90 Å². The monoisotopic (exact) mass is 327 g/mol. The van der Waals surface area contributed by atoms with Gasteiger partial charge in [0.1, 0.15) is 15.3 Å². The topological polar surface area (TPSA) is 91.8 Å². The van der Waals surface area contributed by atoms with Crippen molar-refractivity contribution < 1.29 is 23.1 Å². The molecule has 0 aromatic rings. The number of rotatable bonds is 2. The Bertz CT molecular complexity index is 594. The van der Waals surface area contributed by atoms with Gasteiger partial charge in [0, 0.05) is 13.1 Å². The van der Waals surface area contributed by atoms with E-state index < -0.39 is 21.2 Å². The number of aliphatic carboxylic acids is 1. The largest absolute Gasteiger partial charge is 0.480 e. The molecule has 2 heterocycles. The number of hydrogen-bond acceptors (Lipinski definition) is 4. The van der Waals surface area contributed by atoms with Crippen LogP contribution in [0.15, 0.2) is 12.2 Å². The van der Waals surface area contributed by atoms with Crippen LogP contribution in [0.1, 0.15) is 25.7 Å². The maximum atomic E-state index is 12.8. The molecule has 0 saturated carbocycles. The number of hydrogen-bond donors (Lipinski definition) is 1. The maximum Gasteiger partial charge on any atom is 0.319 e. The number of sulfone groups is 1. The van der Waals surface area contributed by atoms with Gasteiger partial charge in [-0.1, -0.05) is 12.2 Å². The lowest BCUT2D eigenvalue weighted by molar-refractivity contribution is -0.161. The Morgan fingerprint density at radius 1 is 1.05 bits per heavy atom. The summed E-state index contributed by atoms with van der Waals surface area (Å²) in [6, 6.07) is 0. The molecule has 7 heteroatoms. The lowest BCUT2D eigenvalue weighted by atomic mass is 9.80. The molecule has 122 valence electrons. The minimum absolute atomic E-state index is 0.104. The lowest BCUT2D eigenvalue weighted by Crippen LogP contribution is -2.52. The molecule has 0 unspecified atom stereocenters. The highest BCUT2D eigenvalue weighted by Gasteiger charge is 2.53. The molecule has 1 amide bonds. The molecule has 0 bridgehead atoms. The van der Waals surface area contributed by atoms with Crippen LogP contribution in [0.4, 0.5) is 0 Å². The first-order valence-corrected chi connectivity index (χ1v) is 9.54. The molecule has 22 heavy (non-hydrogen) atoms. The van der Waals surface area contributed by atoms with E-state index in [4.69, 9.17) is 0 Å². The number of carboxylic acid groups (broad SMARTS) is 1. The second-order valence-corrected chi connectivity index (χ2v) is 9.02. The van der Waals surface area contributed by atoms with E-state index in [1.807, 2.05) is 0 Å². The summed E-state index contributed by atoms with van der Waals surface area (Å²) in [5.74, 6) is -1.18. The van der Waals surface area contributed by atoms with Crippen molar-refractivity contribution in [2.24, 2.45) is 17.3 Å². The van der Waals surface area contributed by atoms with Gasteiger partial charge in [-0.3, -0.25) is 9.59 Å². The summed E-state index contributed by atoms with van der Waals surface area (Å²) < 4.78 is 23.2. The quantitative estimate of drug-likeness (QED) is 0.595. The zero-order valence-corrected chi connectivity index (χ0v) is 13.2. The number of allylic oxidation sites excluding steroid dienone is 2. The average Bonchev–Trinajstić information content (AvgIpc) is 2.90. The SMILES string of the molecule is O=C(O)C1(C(=O)N2C[C@H]3CC=CC[C@H]3C2)CCS(=O)(=O)CC1. The lowest BCUT2D eigenvalue weighted by Gasteiger charge is -2.35. The van der Waals surface area contributed by atoms with Crippen LogP contribution < -0.4 is 0 Å². The molecular formula is C15H21NO5S. The Hall–Kier alpha value is -1.37. The van der Waals surface area contributed by atoms with E-state index in [1.165, 1.54) is 0 Å². The zero-order chi connectivity index (χ0) is 16.0. The number of likely N-dealkylation sites (tertiary alicyclic amines) is 1. The predicted octanol–water partition coefficient (Wildman–Crippen LogP) is 0.691. The second kappa shape index (κ2) is 5.37. The van der Waals surface area contributed by atoms with Crippen molar-refractivity contribution in [2.75, 3.05) is 24.6 Å². The van der Waals surface area contributed by atoms with E-state index in [0.29, 0.717) is 24.9 Å². The number of nitrogens with zero attached hydrogens (tertiary/aromatic N) is 1. The van der Waals surface area contributed by atoms with Crippen LogP contribution in [-0.4, -0.2) is 54.9 Å². The predicted molar refractivity (Wildman–Crippen MR) is 79.9 cm³/mol. The minimum atomic E-state index is -3.21. The summed E-state index contributed by atoms with van der Waals surface area (Å²) in [7, 11) is -3.21. The first-order valence-electron chi connectivity index (χ1n) is 7.72. The molecule has 6 nitrogen and oxygen atoms in total. The Morgan fingerprint density at radius 3 is 2.00 bits per heavy atom. The highest BCUT2D eigenvalue weighted by molar-refractivity contribution is 7.91. The van der Waals surface area contributed by atoms with E-state index in [0.717, 1.165) is 12.8 Å². The summed E-state index contributed by atoms with van der Waals surface area (Å²) in [5, 5.41) is 9.59. The normalized spacial score (nSPS) is 32.5.